The fraction of sp³-hybridized carbons (Fsp3) is 0.727. The number of rotatable bonds is 9. The van der Waals surface area contributed by atoms with Gasteiger partial charge in [-0.05, 0) is 13.3 Å². The summed E-state index contributed by atoms with van der Waals surface area (Å²) in [6.07, 6.45) is 0.832. The van der Waals surface area contributed by atoms with Gasteiger partial charge < -0.3 is 21.1 Å². The van der Waals surface area contributed by atoms with Crippen molar-refractivity contribution in [3.05, 3.63) is 0 Å². The van der Waals surface area contributed by atoms with E-state index in [1.807, 2.05) is 0 Å². The van der Waals surface area contributed by atoms with Gasteiger partial charge in [-0.2, -0.15) is 0 Å². The molecule has 3 amide bonds. The summed E-state index contributed by atoms with van der Waals surface area (Å²) >= 11 is 0. The Morgan fingerprint density at radius 2 is 1.81 bits per heavy atom. The maximum atomic E-state index is 11.5. The number of carboxylic acid groups (broad SMARTS) is 1. The zero-order valence-electron chi connectivity index (χ0n) is 12.0. The maximum absolute atomic E-state index is 11.5. The summed E-state index contributed by atoms with van der Waals surface area (Å²) in [6.45, 7) is 2.30. The van der Waals surface area contributed by atoms with Gasteiger partial charge in [0.2, 0.25) is 5.91 Å². The molecular formula is C11H21N3O6S. The molecule has 9 nitrogen and oxygen atoms in total. The molecule has 0 bridgehead atoms. The van der Waals surface area contributed by atoms with Crippen molar-refractivity contribution >= 4 is 27.7 Å². The Labute approximate surface area is 123 Å². The monoisotopic (exact) mass is 323 g/mol. The average molecular weight is 323 g/mol. The number of amides is 3. The average Bonchev–Trinajstić information content (AvgIpc) is 2.33. The molecule has 0 radical (unpaired) electrons. The molecule has 4 N–H and O–H groups in total. The Morgan fingerprint density at radius 3 is 2.29 bits per heavy atom. The standard InChI is InChI=1S/C11H21N3O6S/c1-3-12-9(15)4-6-13-11(18)14-8(10(16)17)5-7-21(2,19)20/h8H,3-7H2,1-2H3,(H,12,15)(H,16,17)(H2,13,14,18). The van der Waals surface area contributed by atoms with Crippen LogP contribution in [-0.4, -0.2) is 62.6 Å². The zero-order valence-corrected chi connectivity index (χ0v) is 12.8. The van der Waals surface area contributed by atoms with Crippen molar-refractivity contribution < 1.29 is 27.9 Å². The molecule has 1 atom stereocenters. The SMILES string of the molecule is CCNC(=O)CCNC(=O)NC(CCS(C)(=O)=O)C(=O)O. The predicted octanol–water partition coefficient (Wildman–Crippen LogP) is -1.30. The van der Waals surface area contributed by atoms with Gasteiger partial charge in [0, 0.05) is 25.8 Å². The lowest BCUT2D eigenvalue weighted by molar-refractivity contribution is -0.139. The van der Waals surface area contributed by atoms with Gasteiger partial charge in [0.15, 0.2) is 0 Å². The van der Waals surface area contributed by atoms with Crippen LogP contribution in [0.4, 0.5) is 4.79 Å². The van der Waals surface area contributed by atoms with E-state index in [1.54, 1.807) is 6.92 Å². The largest absolute Gasteiger partial charge is 0.480 e. The summed E-state index contributed by atoms with van der Waals surface area (Å²) in [4.78, 5) is 33.5. The number of aliphatic carboxylic acids is 1. The van der Waals surface area contributed by atoms with E-state index in [0.29, 0.717) is 6.54 Å². The molecule has 1 unspecified atom stereocenters. The summed E-state index contributed by atoms with van der Waals surface area (Å²) in [7, 11) is -3.31. The van der Waals surface area contributed by atoms with Gasteiger partial charge in [0.05, 0.1) is 5.75 Å². The van der Waals surface area contributed by atoms with Crippen LogP contribution in [0, 0.1) is 0 Å². The van der Waals surface area contributed by atoms with Crippen LogP contribution >= 0.6 is 0 Å². The van der Waals surface area contributed by atoms with Crippen molar-refractivity contribution in [2.24, 2.45) is 0 Å². The Hall–Kier alpha value is -1.84. The molecule has 21 heavy (non-hydrogen) atoms. The minimum Gasteiger partial charge on any atom is -0.480 e. The number of carbonyl (C=O) groups is 3. The van der Waals surface area contributed by atoms with Crippen LogP contribution < -0.4 is 16.0 Å². The molecule has 0 aromatic carbocycles. The molecule has 0 aliphatic heterocycles. The number of hydrogen-bond acceptors (Lipinski definition) is 5. The first-order valence-corrected chi connectivity index (χ1v) is 8.43. The number of carbonyl (C=O) groups excluding carboxylic acids is 2. The molecule has 0 spiro atoms. The molecule has 0 saturated heterocycles. The smallest absolute Gasteiger partial charge is 0.326 e. The van der Waals surface area contributed by atoms with Crippen LogP contribution in [0.15, 0.2) is 0 Å². The number of hydrogen-bond donors (Lipinski definition) is 4. The van der Waals surface area contributed by atoms with E-state index in [9.17, 15) is 22.8 Å². The number of urea groups is 1. The molecule has 0 rings (SSSR count). The predicted molar refractivity (Wildman–Crippen MR) is 75.6 cm³/mol. The van der Waals surface area contributed by atoms with Crippen LogP contribution in [0.3, 0.4) is 0 Å². The summed E-state index contributed by atoms with van der Waals surface area (Å²) in [5.74, 6) is -1.90. The third-order valence-corrected chi connectivity index (χ3v) is 3.37. The quantitative estimate of drug-likeness (QED) is 0.415. The molecule has 0 fully saturated rings. The summed E-state index contributed by atoms with van der Waals surface area (Å²) in [6, 6.07) is -2.07. The highest BCUT2D eigenvalue weighted by Gasteiger charge is 2.21. The number of carboxylic acids is 1. The molecule has 0 aliphatic rings. The van der Waals surface area contributed by atoms with Gasteiger partial charge in [-0.3, -0.25) is 4.79 Å². The molecule has 0 aromatic heterocycles. The highest BCUT2D eigenvalue weighted by molar-refractivity contribution is 7.90. The molecule has 0 heterocycles. The highest BCUT2D eigenvalue weighted by Crippen LogP contribution is 1.97. The van der Waals surface area contributed by atoms with E-state index < -0.39 is 27.9 Å². The second-order valence-electron chi connectivity index (χ2n) is 4.41. The molecule has 122 valence electrons. The van der Waals surface area contributed by atoms with Gasteiger partial charge in [-0.15, -0.1) is 0 Å². The van der Waals surface area contributed by atoms with Crippen LogP contribution in [0.1, 0.15) is 19.8 Å². The highest BCUT2D eigenvalue weighted by atomic mass is 32.2. The first-order valence-electron chi connectivity index (χ1n) is 6.37. The van der Waals surface area contributed by atoms with Gasteiger partial charge >= 0.3 is 12.0 Å². The second kappa shape index (κ2) is 9.16. The van der Waals surface area contributed by atoms with E-state index in [4.69, 9.17) is 5.11 Å². The van der Waals surface area contributed by atoms with Gasteiger partial charge in [0.1, 0.15) is 15.9 Å². The van der Waals surface area contributed by atoms with Crippen molar-refractivity contribution in [3.8, 4) is 0 Å². The van der Waals surface area contributed by atoms with Gasteiger partial charge in [0.25, 0.3) is 0 Å². The fourth-order valence-electron chi connectivity index (χ4n) is 1.37. The molecule has 10 heteroatoms. The van der Waals surface area contributed by atoms with E-state index in [1.165, 1.54) is 0 Å². The van der Waals surface area contributed by atoms with Crippen molar-refractivity contribution in [1.82, 2.24) is 16.0 Å². The Balaban J connectivity index is 4.18. The fourth-order valence-corrected chi connectivity index (χ4v) is 2.04. The van der Waals surface area contributed by atoms with E-state index in [2.05, 4.69) is 16.0 Å². The molecule has 0 saturated carbocycles. The molecular weight excluding hydrogens is 302 g/mol. The third-order valence-electron chi connectivity index (χ3n) is 2.39. The van der Waals surface area contributed by atoms with Crippen LogP contribution in [0.25, 0.3) is 0 Å². The van der Waals surface area contributed by atoms with E-state index >= 15 is 0 Å². The first-order chi connectivity index (χ1) is 9.65. The summed E-state index contributed by atoms with van der Waals surface area (Å²) < 4.78 is 22.0. The van der Waals surface area contributed by atoms with E-state index in [-0.39, 0.29) is 31.0 Å². The molecule has 0 aliphatic carbocycles. The Kier molecular flexibility index (Phi) is 8.36. The normalized spacial score (nSPS) is 12.3. The van der Waals surface area contributed by atoms with E-state index in [0.717, 1.165) is 6.26 Å². The van der Waals surface area contributed by atoms with Crippen molar-refractivity contribution in [3.63, 3.8) is 0 Å². The Bertz CT molecular complexity index is 476. The van der Waals surface area contributed by atoms with Gasteiger partial charge in [-0.1, -0.05) is 0 Å². The van der Waals surface area contributed by atoms with Crippen LogP contribution in [-0.2, 0) is 19.4 Å². The maximum Gasteiger partial charge on any atom is 0.326 e. The van der Waals surface area contributed by atoms with Crippen LogP contribution in [0.2, 0.25) is 0 Å². The van der Waals surface area contributed by atoms with Crippen molar-refractivity contribution in [1.29, 1.82) is 0 Å². The van der Waals surface area contributed by atoms with Gasteiger partial charge in [-0.25, -0.2) is 18.0 Å². The Morgan fingerprint density at radius 1 is 1.19 bits per heavy atom. The second-order valence-corrected chi connectivity index (χ2v) is 6.67. The molecule has 0 aromatic rings. The topological polar surface area (TPSA) is 142 Å². The minimum atomic E-state index is -3.31. The van der Waals surface area contributed by atoms with Crippen LogP contribution in [0.5, 0.6) is 0 Å². The zero-order chi connectivity index (χ0) is 16.5. The lowest BCUT2D eigenvalue weighted by Gasteiger charge is -2.14. The lowest BCUT2D eigenvalue weighted by atomic mass is 10.2. The minimum absolute atomic E-state index is 0.0517. The van der Waals surface area contributed by atoms with Crippen molar-refractivity contribution in [2.75, 3.05) is 25.1 Å². The van der Waals surface area contributed by atoms with Crippen molar-refractivity contribution in [2.45, 2.75) is 25.8 Å². The summed E-state index contributed by atoms with van der Waals surface area (Å²) in [5.41, 5.74) is 0. The lowest BCUT2D eigenvalue weighted by Crippen LogP contribution is -2.47. The first kappa shape index (κ1) is 19.2. The summed E-state index contributed by atoms with van der Waals surface area (Å²) in [5, 5.41) is 15.9. The third kappa shape index (κ3) is 10.6. The number of nitrogens with one attached hydrogen (secondary N) is 3. The number of sulfone groups is 1.